The number of carbonyl (C=O) groups excluding carboxylic acids is 1. The number of nitrogens with zero attached hydrogens (tertiary/aromatic N) is 7. The second-order valence-electron chi connectivity index (χ2n) is 5.92. The first-order valence-electron chi connectivity index (χ1n) is 8.40. The van der Waals surface area contributed by atoms with E-state index in [2.05, 4.69) is 30.5 Å². The Labute approximate surface area is 172 Å². The molecule has 0 radical (unpaired) electrons. The number of amides is 1. The monoisotopic (exact) mass is 412 g/mol. The summed E-state index contributed by atoms with van der Waals surface area (Å²) in [6.07, 6.45) is 7.58. The minimum Gasteiger partial charge on any atom is -0.342 e. The van der Waals surface area contributed by atoms with Gasteiger partial charge in [0.25, 0.3) is 11.9 Å². The van der Waals surface area contributed by atoms with E-state index in [0.717, 1.165) is 0 Å². The zero-order valence-corrected chi connectivity index (χ0v) is 16.3. The lowest BCUT2D eigenvalue weighted by Crippen LogP contribution is -2.28. The van der Waals surface area contributed by atoms with Crippen molar-refractivity contribution in [3.05, 3.63) is 78.7 Å². The first-order valence-corrected chi connectivity index (χ1v) is 8.40. The standard InChI is InChI=1S/C18H15FN8O.H2S/c1-12(16-22-11-24-27(16)18-20-7-2-8-21-18)25-17(28)13-9-23-26(10-13)15-5-3-14(19)4-6-15;/h2-12H,1H3,(H,25,28);1H2/t12-;/m1./s1. The zero-order chi connectivity index (χ0) is 19.5. The highest BCUT2D eigenvalue weighted by Crippen LogP contribution is 2.14. The minimum absolute atomic E-state index is 0. The maximum Gasteiger partial charge on any atom is 0.255 e. The summed E-state index contributed by atoms with van der Waals surface area (Å²) >= 11 is 0. The Morgan fingerprint density at radius 3 is 2.55 bits per heavy atom. The van der Waals surface area contributed by atoms with Crippen molar-refractivity contribution in [2.45, 2.75) is 13.0 Å². The highest BCUT2D eigenvalue weighted by atomic mass is 32.1. The van der Waals surface area contributed by atoms with E-state index in [-0.39, 0.29) is 25.2 Å². The molecule has 0 unspecified atom stereocenters. The van der Waals surface area contributed by atoms with Crippen molar-refractivity contribution in [3.63, 3.8) is 0 Å². The first-order chi connectivity index (χ1) is 13.6. The number of aromatic nitrogens is 7. The van der Waals surface area contributed by atoms with Gasteiger partial charge in [-0.3, -0.25) is 4.79 Å². The van der Waals surface area contributed by atoms with Gasteiger partial charge >= 0.3 is 0 Å². The van der Waals surface area contributed by atoms with Gasteiger partial charge in [-0.25, -0.2) is 24.0 Å². The molecule has 0 bridgehead atoms. The molecule has 4 rings (SSSR count). The molecular weight excluding hydrogens is 395 g/mol. The average Bonchev–Trinajstić information content (AvgIpc) is 3.39. The second-order valence-corrected chi connectivity index (χ2v) is 5.92. The molecule has 0 saturated carbocycles. The molecule has 0 aliphatic heterocycles. The summed E-state index contributed by atoms with van der Waals surface area (Å²) in [4.78, 5) is 25.1. The van der Waals surface area contributed by atoms with E-state index in [9.17, 15) is 9.18 Å². The third-order valence-corrected chi connectivity index (χ3v) is 3.99. The van der Waals surface area contributed by atoms with Crippen LogP contribution in [0.1, 0.15) is 29.1 Å². The number of carbonyl (C=O) groups is 1. The van der Waals surface area contributed by atoms with Crippen molar-refractivity contribution in [2.24, 2.45) is 0 Å². The van der Waals surface area contributed by atoms with Crippen molar-refractivity contribution < 1.29 is 9.18 Å². The van der Waals surface area contributed by atoms with Crippen molar-refractivity contribution in [1.82, 2.24) is 39.8 Å². The quantitative estimate of drug-likeness (QED) is 0.538. The lowest BCUT2D eigenvalue weighted by molar-refractivity contribution is 0.0938. The van der Waals surface area contributed by atoms with Gasteiger partial charge in [0.05, 0.1) is 23.5 Å². The molecule has 0 saturated heterocycles. The lowest BCUT2D eigenvalue weighted by Gasteiger charge is -2.13. The van der Waals surface area contributed by atoms with Crippen LogP contribution in [-0.4, -0.2) is 40.4 Å². The summed E-state index contributed by atoms with van der Waals surface area (Å²) in [5, 5.41) is 11.1. The molecule has 1 aromatic carbocycles. The summed E-state index contributed by atoms with van der Waals surface area (Å²) in [5.41, 5.74) is 1.01. The minimum atomic E-state index is -0.451. The Morgan fingerprint density at radius 1 is 1.10 bits per heavy atom. The van der Waals surface area contributed by atoms with Gasteiger partial charge in [-0.1, -0.05) is 0 Å². The number of rotatable bonds is 5. The highest BCUT2D eigenvalue weighted by Gasteiger charge is 2.19. The summed E-state index contributed by atoms with van der Waals surface area (Å²) < 4.78 is 16.0. The lowest BCUT2D eigenvalue weighted by atomic mass is 10.2. The maximum atomic E-state index is 13.1. The number of nitrogens with one attached hydrogen (secondary N) is 1. The van der Waals surface area contributed by atoms with Crippen LogP contribution in [-0.2, 0) is 0 Å². The summed E-state index contributed by atoms with van der Waals surface area (Å²) in [6.45, 7) is 1.78. The van der Waals surface area contributed by atoms with Crippen molar-refractivity contribution in [3.8, 4) is 11.6 Å². The molecule has 0 fully saturated rings. The Morgan fingerprint density at radius 2 is 1.83 bits per heavy atom. The topological polar surface area (TPSA) is 103 Å². The van der Waals surface area contributed by atoms with Crippen molar-refractivity contribution >= 4 is 19.4 Å². The Balaban J connectivity index is 0.00000240. The summed E-state index contributed by atoms with van der Waals surface area (Å²) in [5.74, 6) is 0.185. The molecule has 1 N–H and O–H groups in total. The largest absolute Gasteiger partial charge is 0.342 e. The van der Waals surface area contributed by atoms with E-state index in [4.69, 9.17) is 0 Å². The van der Waals surface area contributed by atoms with Crippen LogP contribution in [0.25, 0.3) is 11.6 Å². The van der Waals surface area contributed by atoms with Crippen LogP contribution in [0.2, 0.25) is 0 Å². The molecule has 4 aromatic rings. The third-order valence-electron chi connectivity index (χ3n) is 3.99. The normalized spacial score (nSPS) is 11.5. The Hall–Kier alpha value is -3.60. The van der Waals surface area contributed by atoms with Crippen molar-refractivity contribution in [2.75, 3.05) is 0 Å². The van der Waals surface area contributed by atoms with E-state index in [1.807, 2.05) is 0 Å². The third kappa shape index (κ3) is 4.29. The van der Waals surface area contributed by atoms with E-state index < -0.39 is 6.04 Å². The zero-order valence-electron chi connectivity index (χ0n) is 15.3. The Bertz CT molecular complexity index is 1100. The molecular formula is C18H17FN8OS. The van der Waals surface area contributed by atoms with Crippen LogP contribution in [0.3, 0.4) is 0 Å². The predicted octanol–water partition coefficient (Wildman–Crippen LogP) is 1.99. The van der Waals surface area contributed by atoms with Gasteiger partial charge in [0, 0.05) is 18.6 Å². The van der Waals surface area contributed by atoms with Gasteiger partial charge in [0.1, 0.15) is 12.1 Å². The maximum absolute atomic E-state index is 13.1. The van der Waals surface area contributed by atoms with E-state index >= 15 is 0 Å². The number of benzene rings is 1. The van der Waals surface area contributed by atoms with Gasteiger partial charge < -0.3 is 5.32 Å². The van der Waals surface area contributed by atoms with Crippen LogP contribution < -0.4 is 5.32 Å². The number of hydrogen-bond acceptors (Lipinski definition) is 6. The molecule has 0 spiro atoms. The van der Waals surface area contributed by atoms with Gasteiger partial charge in [-0.15, -0.1) is 0 Å². The molecule has 1 atom stereocenters. The summed E-state index contributed by atoms with van der Waals surface area (Å²) in [6, 6.07) is 7.07. The smallest absolute Gasteiger partial charge is 0.255 e. The van der Waals surface area contributed by atoms with Crippen LogP contribution in [0, 0.1) is 5.82 Å². The number of hydrogen-bond donors (Lipinski definition) is 1. The molecule has 0 aliphatic rings. The fraction of sp³-hybridized carbons (Fsp3) is 0.111. The molecule has 3 aromatic heterocycles. The van der Waals surface area contributed by atoms with Gasteiger partial charge in [0.2, 0.25) is 0 Å². The molecule has 11 heteroatoms. The fourth-order valence-corrected chi connectivity index (χ4v) is 2.62. The second kappa shape index (κ2) is 8.61. The first kappa shape index (κ1) is 20.1. The molecule has 1 amide bonds. The predicted molar refractivity (Wildman–Crippen MR) is 107 cm³/mol. The van der Waals surface area contributed by atoms with Gasteiger partial charge in [-0.05, 0) is 37.3 Å². The molecule has 9 nitrogen and oxygen atoms in total. The molecule has 0 aliphatic carbocycles. The van der Waals surface area contributed by atoms with Gasteiger partial charge in [-0.2, -0.15) is 28.4 Å². The van der Waals surface area contributed by atoms with E-state index in [1.165, 1.54) is 34.0 Å². The fourth-order valence-electron chi connectivity index (χ4n) is 2.62. The van der Waals surface area contributed by atoms with Crippen LogP contribution in [0.5, 0.6) is 0 Å². The molecule has 148 valence electrons. The SMILES string of the molecule is C[C@@H](NC(=O)c1cnn(-c2ccc(F)cc2)c1)c1ncnn1-c1ncccn1.S. The van der Waals surface area contributed by atoms with Crippen LogP contribution in [0.15, 0.2) is 61.4 Å². The van der Waals surface area contributed by atoms with E-state index in [1.54, 1.807) is 43.7 Å². The van der Waals surface area contributed by atoms with Gasteiger partial charge in [0.15, 0.2) is 5.82 Å². The highest BCUT2D eigenvalue weighted by molar-refractivity contribution is 7.59. The van der Waals surface area contributed by atoms with Crippen LogP contribution in [0.4, 0.5) is 4.39 Å². The average molecular weight is 412 g/mol. The summed E-state index contributed by atoms with van der Waals surface area (Å²) in [7, 11) is 0. The van der Waals surface area contributed by atoms with Crippen molar-refractivity contribution in [1.29, 1.82) is 0 Å². The van der Waals surface area contributed by atoms with Crippen LogP contribution >= 0.6 is 13.5 Å². The molecule has 29 heavy (non-hydrogen) atoms. The number of halogens is 1. The molecule has 3 heterocycles. The Kier molecular flexibility index (Phi) is 5.98. The van der Waals surface area contributed by atoms with E-state index in [0.29, 0.717) is 23.0 Å².